The van der Waals surface area contributed by atoms with Gasteiger partial charge in [0, 0.05) is 12.6 Å². The fourth-order valence-electron chi connectivity index (χ4n) is 2.33. The fraction of sp³-hybridized carbons (Fsp3) is 0.562. The topological polar surface area (TPSA) is 41.1 Å². The lowest BCUT2D eigenvalue weighted by Gasteiger charge is -2.24. The van der Waals surface area contributed by atoms with Gasteiger partial charge in [0.15, 0.2) is 0 Å². The molecule has 1 aromatic rings. The molecule has 0 radical (unpaired) electrons. The van der Waals surface area contributed by atoms with Crippen LogP contribution in [0.2, 0.25) is 0 Å². The van der Waals surface area contributed by atoms with Gasteiger partial charge in [0.05, 0.1) is 6.54 Å². The third-order valence-corrected chi connectivity index (χ3v) is 3.70. The summed E-state index contributed by atoms with van der Waals surface area (Å²) in [5.74, 6) is 0.103. The molecule has 3 heteroatoms. The lowest BCUT2D eigenvalue weighted by atomic mass is 9.86. The molecule has 0 saturated carbocycles. The first kappa shape index (κ1) is 14.1. The smallest absolute Gasteiger partial charge is 0.234 e. The van der Waals surface area contributed by atoms with Crippen molar-refractivity contribution in [3.05, 3.63) is 35.4 Å². The summed E-state index contributed by atoms with van der Waals surface area (Å²) in [4.78, 5) is 11.0. The van der Waals surface area contributed by atoms with Crippen molar-refractivity contribution in [2.24, 2.45) is 0 Å². The number of piperazine rings is 1. The molecule has 19 heavy (non-hydrogen) atoms. The second kappa shape index (κ2) is 5.74. The van der Waals surface area contributed by atoms with Crippen LogP contribution >= 0.6 is 0 Å². The summed E-state index contributed by atoms with van der Waals surface area (Å²) >= 11 is 0. The summed E-state index contributed by atoms with van der Waals surface area (Å²) in [6.07, 6.45) is 2.12. The van der Waals surface area contributed by atoms with E-state index in [0.717, 1.165) is 19.4 Å². The van der Waals surface area contributed by atoms with E-state index >= 15 is 0 Å². The lowest BCUT2D eigenvalue weighted by Crippen LogP contribution is -2.51. The van der Waals surface area contributed by atoms with Crippen molar-refractivity contribution in [3.8, 4) is 0 Å². The van der Waals surface area contributed by atoms with Gasteiger partial charge < -0.3 is 10.6 Å². The highest BCUT2D eigenvalue weighted by Crippen LogP contribution is 2.22. The Morgan fingerprint density at radius 1 is 1.21 bits per heavy atom. The maximum absolute atomic E-state index is 11.0. The standard InChI is InChI=1S/C16H24N2O/c1-16(2,3)13-7-4-12(5-8-13)6-9-14-10-18-15(19)11-17-14/h4-5,7-8,14,17H,6,9-11H2,1-3H3,(H,18,19). The number of benzene rings is 1. The van der Waals surface area contributed by atoms with E-state index in [2.05, 4.69) is 55.7 Å². The number of hydrogen-bond donors (Lipinski definition) is 2. The first-order valence-corrected chi connectivity index (χ1v) is 7.04. The van der Waals surface area contributed by atoms with Gasteiger partial charge in [0.2, 0.25) is 5.91 Å². The SMILES string of the molecule is CC(C)(C)c1ccc(CCC2CNC(=O)CN2)cc1. The first-order chi connectivity index (χ1) is 8.95. The van der Waals surface area contributed by atoms with Crippen LogP contribution in [0.25, 0.3) is 0 Å². The molecular weight excluding hydrogens is 236 g/mol. The molecule has 104 valence electrons. The van der Waals surface area contributed by atoms with E-state index in [-0.39, 0.29) is 11.3 Å². The summed E-state index contributed by atoms with van der Waals surface area (Å²) in [5, 5.41) is 6.16. The van der Waals surface area contributed by atoms with E-state index in [1.807, 2.05) is 0 Å². The second-order valence-corrected chi connectivity index (χ2v) is 6.37. The van der Waals surface area contributed by atoms with E-state index in [0.29, 0.717) is 12.6 Å². The average molecular weight is 260 g/mol. The van der Waals surface area contributed by atoms with E-state index in [9.17, 15) is 4.79 Å². The molecule has 1 aliphatic rings. The normalized spacial score (nSPS) is 20.2. The maximum Gasteiger partial charge on any atom is 0.234 e. The molecule has 1 aliphatic heterocycles. The van der Waals surface area contributed by atoms with Crippen LogP contribution in [0, 0.1) is 0 Å². The van der Waals surface area contributed by atoms with Crippen molar-refractivity contribution in [1.29, 1.82) is 0 Å². The molecule has 0 aliphatic carbocycles. The summed E-state index contributed by atoms with van der Waals surface area (Å²) in [5.41, 5.74) is 2.96. The van der Waals surface area contributed by atoms with Crippen LogP contribution in [0.4, 0.5) is 0 Å². The molecule has 1 atom stereocenters. The molecule has 0 aromatic heterocycles. The van der Waals surface area contributed by atoms with Crippen molar-refractivity contribution in [2.45, 2.75) is 45.1 Å². The minimum absolute atomic E-state index is 0.103. The summed E-state index contributed by atoms with van der Waals surface area (Å²) in [6, 6.07) is 9.31. The van der Waals surface area contributed by atoms with Crippen molar-refractivity contribution < 1.29 is 4.79 Å². The fourth-order valence-corrected chi connectivity index (χ4v) is 2.33. The Bertz CT molecular complexity index is 421. The molecule has 1 aromatic carbocycles. The summed E-state index contributed by atoms with van der Waals surface area (Å²) in [6.45, 7) is 7.90. The Kier molecular flexibility index (Phi) is 4.25. The summed E-state index contributed by atoms with van der Waals surface area (Å²) < 4.78 is 0. The largest absolute Gasteiger partial charge is 0.353 e. The average Bonchev–Trinajstić information content (AvgIpc) is 2.37. The number of hydrogen-bond acceptors (Lipinski definition) is 2. The van der Waals surface area contributed by atoms with E-state index < -0.39 is 0 Å². The zero-order valence-electron chi connectivity index (χ0n) is 12.1. The van der Waals surface area contributed by atoms with Gasteiger partial charge in [-0.3, -0.25) is 4.79 Å². The molecule has 3 nitrogen and oxygen atoms in total. The number of carbonyl (C=O) groups is 1. The van der Waals surface area contributed by atoms with Gasteiger partial charge in [-0.1, -0.05) is 45.0 Å². The number of carbonyl (C=O) groups excluding carboxylic acids is 1. The number of aryl methyl sites for hydroxylation is 1. The second-order valence-electron chi connectivity index (χ2n) is 6.37. The first-order valence-electron chi connectivity index (χ1n) is 7.04. The number of rotatable bonds is 3. The van der Waals surface area contributed by atoms with Crippen molar-refractivity contribution in [3.63, 3.8) is 0 Å². The van der Waals surface area contributed by atoms with E-state index in [1.165, 1.54) is 11.1 Å². The Morgan fingerprint density at radius 2 is 1.89 bits per heavy atom. The van der Waals surface area contributed by atoms with Crippen LogP contribution in [-0.2, 0) is 16.6 Å². The van der Waals surface area contributed by atoms with E-state index in [4.69, 9.17) is 0 Å². The Hall–Kier alpha value is -1.35. The van der Waals surface area contributed by atoms with Gasteiger partial charge in [0.1, 0.15) is 0 Å². The minimum Gasteiger partial charge on any atom is -0.353 e. The molecule has 1 saturated heterocycles. The molecule has 0 spiro atoms. The van der Waals surface area contributed by atoms with Crippen LogP contribution in [0.15, 0.2) is 24.3 Å². The molecular formula is C16H24N2O. The van der Waals surface area contributed by atoms with Gasteiger partial charge in [-0.15, -0.1) is 0 Å². The van der Waals surface area contributed by atoms with Gasteiger partial charge in [0.25, 0.3) is 0 Å². The predicted molar refractivity (Wildman–Crippen MR) is 78.3 cm³/mol. The van der Waals surface area contributed by atoms with Crippen LogP contribution in [-0.4, -0.2) is 25.0 Å². The number of amides is 1. The van der Waals surface area contributed by atoms with Crippen LogP contribution in [0.3, 0.4) is 0 Å². The van der Waals surface area contributed by atoms with E-state index in [1.54, 1.807) is 0 Å². The molecule has 1 heterocycles. The third-order valence-electron chi connectivity index (χ3n) is 3.70. The molecule has 2 N–H and O–H groups in total. The highest BCUT2D eigenvalue weighted by atomic mass is 16.2. The van der Waals surface area contributed by atoms with Gasteiger partial charge in [-0.05, 0) is 29.4 Å². The Labute approximate surface area is 115 Å². The lowest BCUT2D eigenvalue weighted by molar-refractivity contribution is -0.121. The zero-order valence-corrected chi connectivity index (χ0v) is 12.1. The van der Waals surface area contributed by atoms with Crippen LogP contribution in [0.1, 0.15) is 38.3 Å². The zero-order chi connectivity index (χ0) is 13.9. The quantitative estimate of drug-likeness (QED) is 0.873. The van der Waals surface area contributed by atoms with Crippen LogP contribution in [0.5, 0.6) is 0 Å². The molecule has 1 fully saturated rings. The van der Waals surface area contributed by atoms with Gasteiger partial charge in [-0.25, -0.2) is 0 Å². The van der Waals surface area contributed by atoms with Gasteiger partial charge >= 0.3 is 0 Å². The number of nitrogens with one attached hydrogen (secondary N) is 2. The van der Waals surface area contributed by atoms with Crippen molar-refractivity contribution in [1.82, 2.24) is 10.6 Å². The Balaban J connectivity index is 1.85. The van der Waals surface area contributed by atoms with Crippen molar-refractivity contribution in [2.75, 3.05) is 13.1 Å². The molecule has 1 amide bonds. The third kappa shape index (κ3) is 4.06. The summed E-state index contributed by atoms with van der Waals surface area (Å²) in [7, 11) is 0. The van der Waals surface area contributed by atoms with Crippen LogP contribution < -0.4 is 10.6 Å². The van der Waals surface area contributed by atoms with Gasteiger partial charge in [-0.2, -0.15) is 0 Å². The molecule has 0 bridgehead atoms. The Morgan fingerprint density at radius 3 is 2.42 bits per heavy atom. The highest BCUT2D eigenvalue weighted by Gasteiger charge is 2.17. The predicted octanol–water partition coefficient (Wildman–Crippen LogP) is 2.00. The van der Waals surface area contributed by atoms with Crippen molar-refractivity contribution >= 4 is 5.91 Å². The monoisotopic (exact) mass is 260 g/mol. The maximum atomic E-state index is 11.0. The molecule has 2 rings (SSSR count). The minimum atomic E-state index is 0.103. The molecule has 1 unspecified atom stereocenters. The highest BCUT2D eigenvalue weighted by molar-refractivity contribution is 5.78.